The molecule has 0 fully saturated rings. The first-order chi connectivity index (χ1) is 11.3. The van der Waals surface area contributed by atoms with Crippen LogP contribution in [0.1, 0.15) is 32.5 Å². The number of aromatic hydroxyl groups is 1. The van der Waals surface area contributed by atoms with Crippen molar-refractivity contribution in [3.05, 3.63) is 45.9 Å². The van der Waals surface area contributed by atoms with E-state index in [4.69, 9.17) is 0 Å². The Labute approximate surface area is 147 Å². The Balaban J connectivity index is 0.00000101. The molecule has 2 N–H and O–H groups in total. The van der Waals surface area contributed by atoms with Crippen LogP contribution in [-0.2, 0) is 11.6 Å². The van der Waals surface area contributed by atoms with Crippen LogP contribution in [0.25, 0.3) is 0 Å². The predicted octanol–water partition coefficient (Wildman–Crippen LogP) is 2.86. The van der Waals surface area contributed by atoms with Crippen LogP contribution in [0.3, 0.4) is 0 Å². The molecule has 1 aliphatic heterocycles. The molecule has 136 valence electrons. The summed E-state index contributed by atoms with van der Waals surface area (Å²) in [6.45, 7) is 7.11. The van der Waals surface area contributed by atoms with Gasteiger partial charge in [-0.3, -0.25) is 9.36 Å². The van der Waals surface area contributed by atoms with Gasteiger partial charge in [0, 0.05) is 13.7 Å². The van der Waals surface area contributed by atoms with Gasteiger partial charge in [-0.15, -0.1) is 0 Å². The maximum absolute atomic E-state index is 12.8. The Morgan fingerprint density at radius 2 is 1.84 bits per heavy atom. The van der Waals surface area contributed by atoms with Crippen molar-refractivity contribution in [2.24, 2.45) is 11.8 Å². The summed E-state index contributed by atoms with van der Waals surface area (Å²) in [6.07, 6.45) is 0. The molecule has 0 spiro atoms. The van der Waals surface area contributed by atoms with E-state index in [1.807, 2.05) is 13.8 Å². The molecule has 0 bridgehead atoms. The minimum Gasteiger partial charge on any atom is -0.505 e. The number of amidine groups is 1. The Morgan fingerprint density at radius 1 is 1.24 bits per heavy atom. The monoisotopic (exact) mass is 364 g/mol. The van der Waals surface area contributed by atoms with Crippen molar-refractivity contribution in [2.75, 3.05) is 12.0 Å². The number of aryl methyl sites for hydroxylation is 2. The number of aromatic nitrogens is 2. The van der Waals surface area contributed by atoms with Crippen molar-refractivity contribution in [1.29, 1.82) is 0 Å². The fraction of sp³-hybridized carbons (Fsp3) is 0.353. The van der Waals surface area contributed by atoms with Gasteiger partial charge >= 0.3 is 0 Å². The van der Waals surface area contributed by atoms with Crippen molar-refractivity contribution in [1.82, 2.24) is 9.78 Å². The lowest BCUT2D eigenvalue weighted by Gasteiger charge is -2.23. The zero-order valence-electron chi connectivity index (χ0n) is 14.4. The molecule has 8 heteroatoms. The minimum absolute atomic E-state index is 0. The van der Waals surface area contributed by atoms with Gasteiger partial charge < -0.3 is 10.4 Å². The number of hydrogen-bond acceptors (Lipinski definition) is 5. The van der Waals surface area contributed by atoms with Crippen LogP contribution in [0.2, 0.25) is 0 Å². The molecule has 0 radical (unpaired) electrons. The smallest absolute Gasteiger partial charge is 0.281 e. The second-order valence-electron chi connectivity index (χ2n) is 5.21. The highest BCUT2D eigenvalue weighted by molar-refractivity contribution is 7.70. The fourth-order valence-corrected chi connectivity index (χ4v) is 4.01. The van der Waals surface area contributed by atoms with Gasteiger partial charge in [0.25, 0.3) is 5.56 Å². The van der Waals surface area contributed by atoms with Gasteiger partial charge in [0.1, 0.15) is 17.1 Å². The first-order valence-corrected chi connectivity index (χ1v) is 9.73. The van der Waals surface area contributed by atoms with Gasteiger partial charge in [0.05, 0.1) is 11.0 Å². The third-order valence-corrected chi connectivity index (χ3v) is 5.38. The van der Waals surface area contributed by atoms with E-state index in [0.29, 0.717) is 16.7 Å². The van der Waals surface area contributed by atoms with Crippen LogP contribution in [0.4, 0.5) is 5.69 Å². The maximum Gasteiger partial charge on any atom is 0.281 e. The minimum atomic E-state index is -3.02. The molecular weight excluding hydrogens is 339 g/mol. The normalized spacial score (nSPS) is 17.9. The average molecular weight is 364 g/mol. The van der Waals surface area contributed by atoms with Crippen LogP contribution in [0, 0.1) is 6.92 Å². The molecule has 0 saturated carbocycles. The summed E-state index contributed by atoms with van der Waals surface area (Å²) in [5, 5.41) is 17.7. The van der Waals surface area contributed by atoms with Crippen molar-refractivity contribution >= 4 is 24.1 Å². The first-order valence-electron chi connectivity index (χ1n) is 7.63. The van der Waals surface area contributed by atoms with Crippen LogP contribution in [-0.4, -0.2) is 27.4 Å². The lowest BCUT2D eigenvalue weighted by molar-refractivity contribution is 0.456. The van der Waals surface area contributed by atoms with Crippen LogP contribution in [0.15, 0.2) is 33.8 Å². The number of rotatable bonds is 1. The first kappa shape index (κ1) is 20.6. The largest absolute Gasteiger partial charge is 0.505 e. The summed E-state index contributed by atoms with van der Waals surface area (Å²) < 4.78 is 18.1. The summed E-state index contributed by atoms with van der Waals surface area (Å²) in [4.78, 5) is 12.3. The highest BCUT2D eigenvalue weighted by Gasteiger charge is 2.30. The van der Waals surface area contributed by atoms with Crippen molar-refractivity contribution in [2.45, 2.75) is 28.2 Å². The molecule has 1 atom stereocenters. The highest BCUT2D eigenvalue weighted by atomic mass is 31.2. The van der Waals surface area contributed by atoms with E-state index in [-0.39, 0.29) is 24.6 Å². The molecule has 1 unspecified atom stereocenters. The number of nitrogens with one attached hydrogen (secondary N) is 1. The Kier molecular flexibility index (Phi) is 6.32. The zero-order valence-corrected chi connectivity index (χ0v) is 15.3. The molecule has 0 saturated heterocycles. The number of para-hydroxylation sites is 1. The Morgan fingerprint density at radius 3 is 2.48 bits per heavy atom. The van der Waals surface area contributed by atoms with Crippen LogP contribution >= 0.6 is 7.29 Å². The van der Waals surface area contributed by atoms with E-state index in [0.717, 1.165) is 4.68 Å². The summed E-state index contributed by atoms with van der Waals surface area (Å²) in [7, 11) is -1.54. The number of fused-ring (bicyclic) bond motifs is 1. The summed E-state index contributed by atoms with van der Waals surface area (Å²) >= 11 is 0. The molecule has 7 nitrogen and oxygen atoms in total. The van der Waals surface area contributed by atoms with E-state index in [2.05, 4.69) is 15.2 Å². The maximum atomic E-state index is 12.8. The molecule has 3 rings (SSSR count). The summed E-state index contributed by atoms with van der Waals surface area (Å²) in [5.74, 6) is -0.151. The van der Waals surface area contributed by atoms with Crippen molar-refractivity contribution < 1.29 is 9.67 Å². The van der Waals surface area contributed by atoms with Gasteiger partial charge in [-0.05, 0) is 19.1 Å². The van der Waals surface area contributed by atoms with E-state index >= 15 is 0 Å². The second kappa shape index (κ2) is 7.66. The average Bonchev–Trinajstić information content (AvgIpc) is 2.55. The van der Waals surface area contributed by atoms with E-state index in [1.165, 1.54) is 13.7 Å². The molecule has 2 aromatic rings. The molecular formula is C17H25N4O3P. The number of hydrogen-bond donors (Lipinski definition) is 2. The zero-order chi connectivity index (χ0) is 18.1. The quantitative estimate of drug-likeness (QED) is 0.759. The van der Waals surface area contributed by atoms with E-state index in [1.54, 1.807) is 31.2 Å². The number of nitrogens with zero attached hydrogens (tertiary/aromatic N) is 3. The molecule has 1 aliphatic rings. The standard InChI is InChI=1S/C14H15N4O3P.C2H6.CH4/c1-8-12(19)11(14(20)18(2)16-8)13-15-9-6-4-5-7-10(9)22(3,21)17-13;1-2;/h4-7,19H,1-3H3,(H,15,17,21);1-2H3;1H4. The second-order valence-corrected chi connectivity index (χ2v) is 7.65. The SMILES string of the molecule is C.CC.Cc1nn(C)c(=O)c(C2=NP(C)(=O)c3ccccc3N2)c1O. The lowest BCUT2D eigenvalue weighted by Crippen LogP contribution is -2.33. The van der Waals surface area contributed by atoms with Gasteiger partial charge in [0.15, 0.2) is 5.75 Å². The molecule has 0 amide bonds. The van der Waals surface area contributed by atoms with Gasteiger partial charge in [-0.25, -0.2) is 9.44 Å². The van der Waals surface area contributed by atoms with Crippen LogP contribution < -0.4 is 16.2 Å². The Hall–Kier alpha value is -2.40. The molecule has 1 aromatic carbocycles. The summed E-state index contributed by atoms with van der Waals surface area (Å²) in [5.41, 5.74) is 0.390. The van der Waals surface area contributed by atoms with E-state index in [9.17, 15) is 14.5 Å². The van der Waals surface area contributed by atoms with Gasteiger partial charge in [-0.2, -0.15) is 5.10 Å². The number of benzene rings is 1. The topological polar surface area (TPSA) is 96.6 Å². The fourth-order valence-electron chi connectivity index (χ4n) is 2.43. The van der Waals surface area contributed by atoms with Crippen molar-refractivity contribution in [3.8, 4) is 5.75 Å². The molecule has 0 aliphatic carbocycles. The lowest BCUT2D eigenvalue weighted by atomic mass is 10.2. The predicted molar refractivity (Wildman–Crippen MR) is 104 cm³/mol. The van der Waals surface area contributed by atoms with Crippen LogP contribution in [0.5, 0.6) is 5.75 Å². The molecule has 25 heavy (non-hydrogen) atoms. The molecule has 1 aromatic heterocycles. The Bertz CT molecular complexity index is 919. The third kappa shape index (κ3) is 3.66. The van der Waals surface area contributed by atoms with Gasteiger partial charge in [-0.1, -0.05) is 33.4 Å². The highest BCUT2D eigenvalue weighted by Crippen LogP contribution is 2.47. The van der Waals surface area contributed by atoms with E-state index < -0.39 is 12.9 Å². The molecule has 2 heterocycles. The van der Waals surface area contributed by atoms with Crippen molar-refractivity contribution in [3.63, 3.8) is 0 Å². The van der Waals surface area contributed by atoms with Gasteiger partial charge in [0.2, 0.25) is 7.29 Å². The third-order valence-electron chi connectivity index (χ3n) is 3.52. The summed E-state index contributed by atoms with van der Waals surface area (Å²) in [6, 6.07) is 7.07. The number of anilines is 1.